The molecule has 2 aromatic rings. The molecular formula is C22H25Cl2Zr. The van der Waals surface area contributed by atoms with E-state index in [1.807, 2.05) is 0 Å². The molecule has 1 aliphatic carbocycles. The van der Waals surface area contributed by atoms with Crippen LogP contribution in [0.5, 0.6) is 0 Å². The van der Waals surface area contributed by atoms with E-state index in [0.717, 1.165) is 12.8 Å². The topological polar surface area (TPSA) is 0 Å². The first-order chi connectivity index (χ1) is 12.0. The summed E-state index contributed by atoms with van der Waals surface area (Å²) < 4.78 is 0.295. The first kappa shape index (κ1) is 19.4. The molecule has 0 saturated heterocycles. The van der Waals surface area contributed by atoms with Gasteiger partial charge in [-0.3, -0.25) is 0 Å². The second kappa shape index (κ2) is 8.12. The molecule has 0 fully saturated rings. The molecule has 2 unspecified atom stereocenters. The van der Waals surface area contributed by atoms with Crippen LogP contribution < -0.4 is 0 Å². The Balaban J connectivity index is 2.26. The minimum absolute atomic E-state index is 0.295. The van der Waals surface area contributed by atoms with Crippen LogP contribution in [0.4, 0.5) is 0 Å². The number of hydrogen-bond donors (Lipinski definition) is 0. The molecule has 0 saturated carbocycles. The molecule has 0 amide bonds. The van der Waals surface area contributed by atoms with Crippen molar-refractivity contribution in [2.24, 2.45) is 5.92 Å². The Labute approximate surface area is 167 Å². The van der Waals surface area contributed by atoms with E-state index in [0.29, 0.717) is 9.54 Å². The van der Waals surface area contributed by atoms with Gasteiger partial charge < -0.3 is 0 Å². The van der Waals surface area contributed by atoms with E-state index in [2.05, 4.69) is 70.2 Å². The number of allylic oxidation sites excluding steroid dienone is 1. The van der Waals surface area contributed by atoms with Crippen LogP contribution in [-0.2, 0) is 25.8 Å². The summed E-state index contributed by atoms with van der Waals surface area (Å²) >= 11 is -2.46. The van der Waals surface area contributed by atoms with Crippen molar-refractivity contribution >= 4 is 23.1 Å². The Kier molecular flexibility index (Phi) is 6.30. The first-order valence-corrected chi connectivity index (χ1v) is 16.9. The van der Waals surface area contributed by atoms with E-state index in [4.69, 9.17) is 17.0 Å². The molecule has 0 aliphatic heterocycles. The van der Waals surface area contributed by atoms with Crippen LogP contribution >= 0.6 is 17.0 Å². The molecule has 1 aliphatic rings. The molecule has 131 valence electrons. The van der Waals surface area contributed by atoms with Crippen LogP contribution in [-0.4, -0.2) is 0 Å². The van der Waals surface area contributed by atoms with Gasteiger partial charge in [0, 0.05) is 0 Å². The Morgan fingerprint density at radius 1 is 1.08 bits per heavy atom. The SMILES string of the molecule is CCc1ccccc1-c1c(C)ccc2c1C=C(C(C)CC)[CH]2[Zr]([Cl])[Cl]. The molecule has 0 bridgehead atoms. The fourth-order valence-corrected chi connectivity index (χ4v) is 9.52. The molecular weight excluding hydrogens is 426 g/mol. The summed E-state index contributed by atoms with van der Waals surface area (Å²) in [6.45, 7) is 8.99. The van der Waals surface area contributed by atoms with Crippen LogP contribution in [0.1, 0.15) is 53.1 Å². The molecule has 3 rings (SSSR count). The number of rotatable bonds is 5. The average molecular weight is 452 g/mol. The third kappa shape index (κ3) is 3.58. The van der Waals surface area contributed by atoms with Gasteiger partial charge in [-0.1, -0.05) is 0 Å². The molecule has 0 N–H and O–H groups in total. The number of benzene rings is 2. The van der Waals surface area contributed by atoms with Crippen LogP contribution in [0.2, 0.25) is 0 Å². The monoisotopic (exact) mass is 449 g/mol. The van der Waals surface area contributed by atoms with Gasteiger partial charge in [0.05, 0.1) is 0 Å². The van der Waals surface area contributed by atoms with E-state index < -0.39 is 19.4 Å². The van der Waals surface area contributed by atoms with Gasteiger partial charge in [-0.25, -0.2) is 0 Å². The van der Waals surface area contributed by atoms with Crippen LogP contribution in [0.25, 0.3) is 17.2 Å². The van der Waals surface area contributed by atoms with Gasteiger partial charge in [-0.2, -0.15) is 0 Å². The van der Waals surface area contributed by atoms with E-state index in [-0.39, 0.29) is 0 Å². The van der Waals surface area contributed by atoms with Crippen molar-refractivity contribution < 1.29 is 19.4 Å². The Morgan fingerprint density at radius 2 is 1.80 bits per heavy atom. The average Bonchev–Trinajstić information content (AvgIpc) is 3.00. The van der Waals surface area contributed by atoms with Crippen molar-refractivity contribution in [1.29, 1.82) is 0 Å². The van der Waals surface area contributed by atoms with Crippen LogP contribution in [0.15, 0.2) is 42.0 Å². The van der Waals surface area contributed by atoms with Gasteiger partial charge in [0.2, 0.25) is 0 Å². The van der Waals surface area contributed by atoms with Crippen molar-refractivity contribution in [2.45, 2.75) is 44.2 Å². The normalized spacial score (nSPS) is 17.2. The zero-order valence-electron chi connectivity index (χ0n) is 15.4. The summed E-state index contributed by atoms with van der Waals surface area (Å²) in [5, 5.41) is 0. The standard InChI is InChI=1S/C22H25.2ClH.Zr/c1-5-15(3)19-13-18-12-11-16(4)22(21(18)14-19)20-10-8-7-9-17(20)6-2;;;/h7-15H,5-6H2,1-4H3;2*1H;/q;;;+2/p-2. The van der Waals surface area contributed by atoms with E-state index in [1.54, 1.807) is 0 Å². The van der Waals surface area contributed by atoms with Crippen molar-refractivity contribution in [2.75, 3.05) is 0 Å². The summed E-state index contributed by atoms with van der Waals surface area (Å²) in [4.78, 5) is 0. The molecule has 0 radical (unpaired) electrons. The van der Waals surface area contributed by atoms with E-state index in [9.17, 15) is 0 Å². The molecule has 2 aromatic carbocycles. The quantitative estimate of drug-likeness (QED) is 0.438. The number of halogens is 2. The minimum atomic E-state index is -2.46. The fourth-order valence-electron chi connectivity index (χ4n) is 3.92. The summed E-state index contributed by atoms with van der Waals surface area (Å²) in [6, 6.07) is 13.3. The molecule has 0 heterocycles. The van der Waals surface area contributed by atoms with Crippen molar-refractivity contribution in [3.05, 3.63) is 64.2 Å². The second-order valence-electron chi connectivity index (χ2n) is 6.95. The van der Waals surface area contributed by atoms with Crippen LogP contribution in [0, 0.1) is 12.8 Å². The maximum absolute atomic E-state index is 6.63. The molecule has 0 spiro atoms. The van der Waals surface area contributed by atoms with Gasteiger partial charge in [0.25, 0.3) is 0 Å². The second-order valence-corrected chi connectivity index (χ2v) is 15.8. The number of hydrogen-bond acceptors (Lipinski definition) is 0. The summed E-state index contributed by atoms with van der Waals surface area (Å²) in [6.07, 6.45) is 4.57. The Bertz CT molecular complexity index is 808. The molecule has 0 nitrogen and oxygen atoms in total. The Hall–Kier alpha value is -0.357. The Morgan fingerprint density at radius 3 is 2.44 bits per heavy atom. The van der Waals surface area contributed by atoms with Gasteiger partial charge in [0.1, 0.15) is 0 Å². The first-order valence-electron chi connectivity index (χ1n) is 9.10. The molecule has 0 aromatic heterocycles. The van der Waals surface area contributed by atoms with Crippen LogP contribution in [0.3, 0.4) is 0 Å². The summed E-state index contributed by atoms with van der Waals surface area (Å²) in [5.41, 5.74) is 9.63. The van der Waals surface area contributed by atoms with Crippen molar-refractivity contribution in [1.82, 2.24) is 0 Å². The predicted octanol–water partition coefficient (Wildman–Crippen LogP) is 7.63. The third-order valence-corrected chi connectivity index (χ3v) is 10.7. The van der Waals surface area contributed by atoms with Crippen molar-refractivity contribution in [3.63, 3.8) is 0 Å². The summed E-state index contributed by atoms with van der Waals surface area (Å²) in [5.74, 6) is 0.528. The third-order valence-electron chi connectivity index (χ3n) is 5.51. The number of aryl methyl sites for hydroxylation is 2. The van der Waals surface area contributed by atoms with Gasteiger partial charge in [0.15, 0.2) is 0 Å². The van der Waals surface area contributed by atoms with E-state index >= 15 is 0 Å². The number of fused-ring (bicyclic) bond motifs is 1. The predicted molar refractivity (Wildman–Crippen MR) is 108 cm³/mol. The molecule has 3 heteroatoms. The molecule has 25 heavy (non-hydrogen) atoms. The zero-order chi connectivity index (χ0) is 18.1. The van der Waals surface area contributed by atoms with Gasteiger partial charge in [-0.15, -0.1) is 0 Å². The van der Waals surface area contributed by atoms with Gasteiger partial charge >= 0.3 is 168 Å². The zero-order valence-corrected chi connectivity index (χ0v) is 19.3. The fraction of sp³-hybridized carbons (Fsp3) is 0.364. The van der Waals surface area contributed by atoms with Gasteiger partial charge in [-0.05, 0) is 0 Å². The van der Waals surface area contributed by atoms with E-state index in [1.165, 1.54) is 39.0 Å². The maximum atomic E-state index is 6.63. The summed E-state index contributed by atoms with van der Waals surface area (Å²) in [7, 11) is 13.3. The molecule has 2 atom stereocenters. The van der Waals surface area contributed by atoms with Crippen molar-refractivity contribution in [3.8, 4) is 11.1 Å².